The molecule has 1 aliphatic rings. The zero-order chi connectivity index (χ0) is 15.1. The summed E-state index contributed by atoms with van der Waals surface area (Å²) in [6.45, 7) is 2.01. The Hall–Kier alpha value is -2.01. The van der Waals surface area contributed by atoms with Crippen LogP contribution in [0.4, 0.5) is 0 Å². The lowest BCUT2D eigenvalue weighted by Crippen LogP contribution is -2.39. The summed E-state index contributed by atoms with van der Waals surface area (Å²) in [6.07, 6.45) is 13.3. The lowest BCUT2D eigenvalue weighted by atomic mass is 9.85. The molecule has 1 aromatic rings. The Labute approximate surface area is 127 Å². The van der Waals surface area contributed by atoms with Crippen molar-refractivity contribution in [2.75, 3.05) is 0 Å². The van der Waals surface area contributed by atoms with Crippen LogP contribution in [0.5, 0.6) is 0 Å². The molecule has 2 heteroatoms. The molecule has 21 heavy (non-hydrogen) atoms. The van der Waals surface area contributed by atoms with Crippen molar-refractivity contribution in [2.24, 2.45) is 5.92 Å². The van der Waals surface area contributed by atoms with Crippen LogP contribution >= 0.6 is 0 Å². The largest absolute Gasteiger partial charge is 0.459 e. The number of benzene rings is 1. The van der Waals surface area contributed by atoms with Crippen LogP contribution in [0.15, 0.2) is 36.4 Å². The maximum Gasteiger partial charge on any atom is 0.309 e. The minimum atomic E-state index is -0.380. The number of carbonyl (C=O) groups is 1. The molecular formula is C19H22O2. The molecule has 0 bridgehead atoms. The SMILES string of the molecule is C#CCC[C@H]1CC[C@@](C)(C/C=C/c2ccccc2)OC1=O. The molecule has 1 heterocycles. The quantitative estimate of drug-likeness (QED) is 0.597. The Morgan fingerprint density at radius 1 is 1.43 bits per heavy atom. The Kier molecular flexibility index (Phi) is 5.22. The third-order valence-electron chi connectivity index (χ3n) is 4.00. The van der Waals surface area contributed by atoms with E-state index in [1.165, 1.54) is 0 Å². The number of ether oxygens (including phenoxy) is 1. The highest BCUT2D eigenvalue weighted by molar-refractivity contribution is 5.73. The van der Waals surface area contributed by atoms with Crippen LogP contribution in [0.25, 0.3) is 6.08 Å². The van der Waals surface area contributed by atoms with Crippen LogP contribution in [0.3, 0.4) is 0 Å². The normalized spacial score (nSPS) is 25.5. The number of rotatable bonds is 5. The van der Waals surface area contributed by atoms with Crippen LogP contribution in [0.2, 0.25) is 0 Å². The van der Waals surface area contributed by atoms with Gasteiger partial charge in [0, 0.05) is 12.8 Å². The molecule has 1 fully saturated rings. The van der Waals surface area contributed by atoms with Gasteiger partial charge in [0.05, 0.1) is 5.92 Å². The number of esters is 1. The van der Waals surface area contributed by atoms with Gasteiger partial charge in [0.1, 0.15) is 5.60 Å². The minimum absolute atomic E-state index is 0.0211. The molecule has 0 N–H and O–H groups in total. The van der Waals surface area contributed by atoms with Crippen molar-refractivity contribution in [2.45, 2.75) is 44.6 Å². The molecule has 0 amide bonds. The molecule has 1 saturated heterocycles. The Morgan fingerprint density at radius 2 is 2.19 bits per heavy atom. The molecule has 0 aliphatic carbocycles. The van der Waals surface area contributed by atoms with Gasteiger partial charge >= 0.3 is 5.97 Å². The standard InChI is InChI=1S/C19H22O2/c1-3-4-12-17-13-15-19(2,21-18(17)20)14-8-11-16-9-6-5-7-10-16/h1,5-11,17H,4,12-15H2,2H3/b11-8+/t17-,19+/m0/s1. The molecular weight excluding hydrogens is 260 g/mol. The van der Waals surface area contributed by atoms with Gasteiger partial charge in [-0.25, -0.2) is 0 Å². The Balaban J connectivity index is 1.88. The summed E-state index contributed by atoms with van der Waals surface area (Å²) >= 11 is 0. The van der Waals surface area contributed by atoms with E-state index in [9.17, 15) is 4.79 Å². The zero-order valence-electron chi connectivity index (χ0n) is 12.5. The molecule has 2 rings (SSSR count). The van der Waals surface area contributed by atoms with Crippen molar-refractivity contribution in [3.8, 4) is 12.3 Å². The summed E-state index contributed by atoms with van der Waals surface area (Å²) in [5, 5.41) is 0. The number of hydrogen-bond donors (Lipinski definition) is 0. The van der Waals surface area contributed by atoms with Gasteiger partial charge in [0.15, 0.2) is 0 Å². The summed E-state index contributed by atoms with van der Waals surface area (Å²) in [4.78, 5) is 12.0. The van der Waals surface area contributed by atoms with E-state index in [2.05, 4.69) is 30.2 Å². The molecule has 2 nitrogen and oxygen atoms in total. The fraction of sp³-hybridized carbons (Fsp3) is 0.421. The average molecular weight is 282 g/mol. The topological polar surface area (TPSA) is 26.3 Å². The molecule has 110 valence electrons. The first-order valence-corrected chi connectivity index (χ1v) is 7.51. The molecule has 0 unspecified atom stereocenters. The van der Waals surface area contributed by atoms with Crippen LogP contribution in [0, 0.1) is 18.3 Å². The Morgan fingerprint density at radius 3 is 2.86 bits per heavy atom. The predicted molar refractivity (Wildman–Crippen MR) is 85.4 cm³/mol. The summed E-state index contributed by atoms with van der Waals surface area (Å²) < 4.78 is 5.66. The lowest BCUT2D eigenvalue weighted by molar-refractivity contribution is -0.172. The Bertz CT molecular complexity index is 538. The second kappa shape index (κ2) is 7.13. The smallest absolute Gasteiger partial charge is 0.309 e. The molecule has 2 atom stereocenters. The molecule has 0 radical (unpaired) electrons. The third-order valence-corrected chi connectivity index (χ3v) is 4.00. The molecule has 0 aromatic heterocycles. The van der Waals surface area contributed by atoms with E-state index >= 15 is 0 Å². The van der Waals surface area contributed by atoms with Gasteiger partial charge in [-0.3, -0.25) is 4.79 Å². The molecule has 1 aromatic carbocycles. The van der Waals surface area contributed by atoms with E-state index in [-0.39, 0.29) is 17.5 Å². The summed E-state index contributed by atoms with van der Waals surface area (Å²) in [5.74, 6) is 2.48. The van der Waals surface area contributed by atoms with Gasteiger partial charge < -0.3 is 4.74 Å². The highest BCUT2D eigenvalue weighted by atomic mass is 16.6. The van der Waals surface area contributed by atoms with Crippen LogP contribution < -0.4 is 0 Å². The van der Waals surface area contributed by atoms with Crippen molar-refractivity contribution in [3.63, 3.8) is 0 Å². The van der Waals surface area contributed by atoms with Crippen LogP contribution in [-0.4, -0.2) is 11.6 Å². The van der Waals surface area contributed by atoms with Crippen LogP contribution in [0.1, 0.15) is 44.6 Å². The lowest BCUT2D eigenvalue weighted by Gasteiger charge is -2.36. The third kappa shape index (κ3) is 4.49. The van der Waals surface area contributed by atoms with Gasteiger partial charge in [0.25, 0.3) is 0 Å². The molecule has 1 aliphatic heterocycles. The number of cyclic esters (lactones) is 1. The van der Waals surface area contributed by atoms with E-state index in [1.54, 1.807) is 0 Å². The maximum absolute atomic E-state index is 12.0. The van der Waals surface area contributed by atoms with Crippen molar-refractivity contribution < 1.29 is 9.53 Å². The van der Waals surface area contributed by atoms with E-state index in [0.29, 0.717) is 6.42 Å². The van der Waals surface area contributed by atoms with Gasteiger partial charge in [-0.2, -0.15) is 0 Å². The second-order valence-corrected chi connectivity index (χ2v) is 5.87. The highest BCUT2D eigenvalue weighted by Gasteiger charge is 2.37. The van der Waals surface area contributed by atoms with Crippen molar-refractivity contribution in [3.05, 3.63) is 42.0 Å². The molecule has 0 spiro atoms. The van der Waals surface area contributed by atoms with Crippen molar-refractivity contribution in [1.29, 1.82) is 0 Å². The number of terminal acetylenes is 1. The van der Waals surface area contributed by atoms with E-state index in [0.717, 1.165) is 31.2 Å². The number of hydrogen-bond acceptors (Lipinski definition) is 2. The zero-order valence-corrected chi connectivity index (χ0v) is 12.5. The molecule has 0 saturated carbocycles. The first-order valence-electron chi connectivity index (χ1n) is 7.51. The van der Waals surface area contributed by atoms with Gasteiger partial charge in [-0.05, 0) is 31.7 Å². The van der Waals surface area contributed by atoms with Crippen LogP contribution in [-0.2, 0) is 9.53 Å². The predicted octanol–water partition coefficient (Wildman–Crippen LogP) is 4.22. The van der Waals surface area contributed by atoms with Crippen molar-refractivity contribution in [1.82, 2.24) is 0 Å². The van der Waals surface area contributed by atoms with E-state index in [4.69, 9.17) is 11.2 Å². The van der Waals surface area contributed by atoms with E-state index < -0.39 is 0 Å². The fourth-order valence-corrected chi connectivity index (χ4v) is 2.65. The van der Waals surface area contributed by atoms with Crippen molar-refractivity contribution >= 4 is 12.0 Å². The first-order chi connectivity index (χ1) is 10.1. The van der Waals surface area contributed by atoms with Gasteiger partial charge in [-0.15, -0.1) is 12.3 Å². The summed E-state index contributed by atoms with van der Waals surface area (Å²) in [7, 11) is 0. The number of carbonyl (C=O) groups excluding carboxylic acids is 1. The minimum Gasteiger partial charge on any atom is -0.459 e. The summed E-state index contributed by atoms with van der Waals surface area (Å²) in [6, 6.07) is 10.1. The monoisotopic (exact) mass is 282 g/mol. The fourth-order valence-electron chi connectivity index (χ4n) is 2.65. The van der Waals surface area contributed by atoms with Gasteiger partial charge in [-0.1, -0.05) is 42.5 Å². The van der Waals surface area contributed by atoms with E-state index in [1.807, 2.05) is 25.1 Å². The first kappa shape index (κ1) is 15.4. The highest BCUT2D eigenvalue weighted by Crippen LogP contribution is 2.33. The van der Waals surface area contributed by atoms with Gasteiger partial charge in [0.2, 0.25) is 0 Å². The summed E-state index contributed by atoms with van der Waals surface area (Å²) in [5.41, 5.74) is 0.782. The average Bonchev–Trinajstić information content (AvgIpc) is 2.47. The second-order valence-electron chi connectivity index (χ2n) is 5.87. The maximum atomic E-state index is 12.0.